The number of nitrogens with one attached hydrogen (secondary N) is 1. The molecule has 17 heavy (non-hydrogen) atoms. The molecule has 1 heterocycles. The summed E-state index contributed by atoms with van der Waals surface area (Å²) in [6.45, 7) is 0.255. The van der Waals surface area contributed by atoms with Gasteiger partial charge in [0, 0.05) is 19.0 Å². The predicted molar refractivity (Wildman–Crippen MR) is 57.9 cm³/mol. The molecule has 0 bridgehead atoms. The van der Waals surface area contributed by atoms with Crippen LogP contribution in [0.5, 0.6) is 0 Å². The number of anilines is 1. The highest BCUT2D eigenvalue weighted by Crippen LogP contribution is 2.17. The third kappa shape index (κ3) is 3.42. The van der Waals surface area contributed by atoms with Crippen LogP contribution < -0.4 is 11.1 Å². The maximum atomic E-state index is 10.5. The number of carbonyl (C=O) groups is 1. The van der Waals surface area contributed by atoms with Gasteiger partial charge in [-0.15, -0.1) is 0 Å². The lowest BCUT2D eigenvalue weighted by molar-refractivity contribution is -0.385. The summed E-state index contributed by atoms with van der Waals surface area (Å²) in [5.74, 6) is -0.187. The summed E-state index contributed by atoms with van der Waals surface area (Å²) >= 11 is 0. The lowest BCUT2D eigenvalue weighted by atomic mass is 10.3. The molecule has 0 aromatic carbocycles. The number of nitro groups is 1. The van der Waals surface area contributed by atoms with Crippen LogP contribution in [0.2, 0.25) is 0 Å². The summed E-state index contributed by atoms with van der Waals surface area (Å²) in [6, 6.07) is 4.17. The lowest BCUT2D eigenvalue weighted by Gasteiger charge is -2.03. The Morgan fingerprint density at radius 2 is 2.35 bits per heavy atom. The summed E-state index contributed by atoms with van der Waals surface area (Å²) in [5, 5.41) is 21.9. The summed E-state index contributed by atoms with van der Waals surface area (Å²) in [5.41, 5.74) is 4.30. The maximum Gasteiger partial charge on any atom is 0.305 e. The lowest BCUT2D eigenvalue weighted by Crippen LogP contribution is -2.16. The molecule has 0 atom stereocenters. The van der Waals surface area contributed by atoms with Crippen LogP contribution >= 0.6 is 0 Å². The first-order valence-electron chi connectivity index (χ1n) is 4.62. The van der Waals surface area contributed by atoms with Crippen LogP contribution in [0.3, 0.4) is 0 Å². The first kappa shape index (κ1) is 12.4. The molecule has 1 aromatic heterocycles. The monoisotopic (exact) mass is 235 g/mol. The van der Waals surface area contributed by atoms with Crippen LogP contribution in [0.15, 0.2) is 12.1 Å². The van der Waals surface area contributed by atoms with E-state index in [-0.39, 0.29) is 30.2 Å². The fourth-order valence-electron chi connectivity index (χ4n) is 1.09. The molecule has 0 saturated carbocycles. The van der Waals surface area contributed by atoms with Gasteiger partial charge in [-0.1, -0.05) is 0 Å². The number of rotatable bonds is 5. The molecule has 0 spiro atoms. The van der Waals surface area contributed by atoms with E-state index in [1.807, 2.05) is 0 Å². The van der Waals surface area contributed by atoms with Gasteiger partial charge in [-0.3, -0.25) is 14.9 Å². The summed E-state index contributed by atoms with van der Waals surface area (Å²) in [6.07, 6.45) is 0.112. The van der Waals surface area contributed by atoms with Crippen molar-refractivity contribution in [1.82, 2.24) is 4.98 Å². The van der Waals surface area contributed by atoms with Crippen molar-refractivity contribution >= 4 is 17.4 Å². The van der Waals surface area contributed by atoms with Crippen molar-refractivity contribution in [3.63, 3.8) is 0 Å². The van der Waals surface area contributed by atoms with Crippen LogP contribution in [0.25, 0.3) is 0 Å². The van der Waals surface area contributed by atoms with Crippen LogP contribution in [-0.2, 0) is 4.79 Å². The zero-order chi connectivity index (χ0) is 12.8. The highest BCUT2D eigenvalue weighted by Gasteiger charge is 2.15. The topological polar surface area (TPSA) is 135 Å². The highest BCUT2D eigenvalue weighted by atomic mass is 16.6. The zero-order valence-corrected chi connectivity index (χ0v) is 8.71. The largest absolute Gasteiger partial charge is 0.370 e. The Kier molecular flexibility index (Phi) is 3.94. The summed E-state index contributed by atoms with van der Waals surface area (Å²) < 4.78 is 0. The highest BCUT2D eigenvalue weighted by molar-refractivity contribution is 5.74. The van der Waals surface area contributed by atoms with Gasteiger partial charge in [-0.05, 0) is 6.07 Å². The van der Waals surface area contributed by atoms with Crippen molar-refractivity contribution in [2.75, 3.05) is 11.9 Å². The van der Waals surface area contributed by atoms with Gasteiger partial charge in [-0.25, -0.2) is 4.98 Å². The minimum atomic E-state index is -0.682. The fraction of sp³-hybridized carbons (Fsp3) is 0.222. The van der Waals surface area contributed by atoms with Crippen molar-refractivity contribution in [2.45, 2.75) is 6.42 Å². The number of amides is 1. The van der Waals surface area contributed by atoms with Gasteiger partial charge in [0.05, 0.1) is 4.92 Å². The van der Waals surface area contributed by atoms with Gasteiger partial charge in [0.25, 0.3) is 0 Å². The average Bonchev–Trinajstić information content (AvgIpc) is 2.28. The number of primary amides is 1. The Labute approximate surface area is 96.2 Å². The molecule has 8 nitrogen and oxygen atoms in total. The number of aromatic nitrogens is 1. The average molecular weight is 235 g/mol. The minimum absolute atomic E-state index is 0.112. The third-order valence-electron chi connectivity index (χ3n) is 1.85. The van der Waals surface area contributed by atoms with Gasteiger partial charge < -0.3 is 11.1 Å². The van der Waals surface area contributed by atoms with Gasteiger partial charge in [0.2, 0.25) is 11.6 Å². The molecule has 3 N–H and O–H groups in total. The van der Waals surface area contributed by atoms with Crippen molar-refractivity contribution < 1.29 is 9.72 Å². The molecule has 1 amide bonds. The number of nitrogens with two attached hydrogens (primary N) is 1. The molecule has 0 radical (unpaired) electrons. The van der Waals surface area contributed by atoms with E-state index >= 15 is 0 Å². The molecule has 0 saturated heterocycles. The minimum Gasteiger partial charge on any atom is -0.370 e. The van der Waals surface area contributed by atoms with E-state index in [2.05, 4.69) is 10.3 Å². The molecular weight excluding hydrogens is 226 g/mol. The van der Waals surface area contributed by atoms with Crippen molar-refractivity contribution in [3.05, 3.63) is 27.9 Å². The Morgan fingerprint density at radius 3 is 2.88 bits per heavy atom. The Balaban J connectivity index is 2.80. The molecule has 1 aromatic rings. The quantitative estimate of drug-likeness (QED) is 0.550. The Bertz CT molecular complexity index is 494. The van der Waals surface area contributed by atoms with Crippen LogP contribution in [0.4, 0.5) is 11.5 Å². The van der Waals surface area contributed by atoms with E-state index in [0.717, 1.165) is 0 Å². The molecule has 0 aliphatic rings. The Morgan fingerprint density at radius 1 is 1.65 bits per heavy atom. The van der Waals surface area contributed by atoms with Crippen molar-refractivity contribution in [1.29, 1.82) is 5.26 Å². The SMILES string of the molecule is N#Cc1nc(NCCC(N)=O)ccc1[N+](=O)[O-]. The molecule has 88 valence electrons. The van der Waals surface area contributed by atoms with Crippen LogP contribution in [-0.4, -0.2) is 22.4 Å². The molecule has 0 aliphatic carbocycles. The first-order chi connectivity index (χ1) is 8.04. The molecule has 1 rings (SSSR count). The second kappa shape index (κ2) is 5.41. The van der Waals surface area contributed by atoms with E-state index in [9.17, 15) is 14.9 Å². The second-order valence-corrected chi connectivity index (χ2v) is 3.08. The van der Waals surface area contributed by atoms with E-state index < -0.39 is 10.8 Å². The molecular formula is C9H9N5O3. The molecule has 0 aliphatic heterocycles. The number of hydrogen-bond donors (Lipinski definition) is 2. The molecule has 0 fully saturated rings. The smallest absolute Gasteiger partial charge is 0.305 e. The van der Waals surface area contributed by atoms with Crippen LogP contribution in [0, 0.1) is 21.4 Å². The van der Waals surface area contributed by atoms with Gasteiger partial charge in [0.15, 0.2) is 0 Å². The van der Waals surface area contributed by atoms with Gasteiger partial charge >= 0.3 is 5.69 Å². The fourth-order valence-corrected chi connectivity index (χ4v) is 1.09. The van der Waals surface area contributed by atoms with E-state index in [1.54, 1.807) is 6.07 Å². The third-order valence-corrected chi connectivity index (χ3v) is 1.85. The number of nitrogens with zero attached hydrogens (tertiary/aromatic N) is 3. The van der Waals surface area contributed by atoms with Crippen molar-refractivity contribution in [2.24, 2.45) is 5.73 Å². The molecule has 0 unspecified atom stereocenters. The second-order valence-electron chi connectivity index (χ2n) is 3.08. The zero-order valence-electron chi connectivity index (χ0n) is 8.71. The molecule has 8 heteroatoms. The standard InChI is InChI=1S/C9H9N5O3/c10-5-6-7(14(16)17)1-2-9(13-6)12-4-3-8(11)15/h1-2H,3-4H2,(H2,11,15)(H,12,13). The predicted octanol–water partition coefficient (Wildman–Crippen LogP) is 0.149. The Hall–Kier alpha value is -2.69. The van der Waals surface area contributed by atoms with E-state index in [0.29, 0.717) is 0 Å². The number of carbonyl (C=O) groups excluding carboxylic acids is 1. The maximum absolute atomic E-state index is 10.5. The van der Waals surface area contributed by atoms with Crippen LogP contribution in [0.1, 0.15) is 12.1 Å². The number of nitriles is 1. The van der Waals surface area contributed by atoms with E-state index in [4.69, 9.17) is 11.0 Å². The van der Waals surface area contributed by atoms with Crippen molar-refractivity contribution in [3.8, 4) is 6.07 Å². The summed E-state index contributed by atoms with van der Waals surface area (Å²) in [7, 11) is 0. The summed E-state index contributed by atoms with van der Waals surface area (Å²) in [4.78, 5) is 24.1. The number of hydrogen-bond acceptors (Lipinski definition) is 6. The first-order valence-corrected chi connectivity index (χ1v) is 4.62. The van der Waals surface area contributed by atoms with E-state index in [1.165, 1.54) is 12.1 Å². The number of pyridine rings is 1. The normalized spacial score (nSPS) is 9.35. The van der Waals surface area contributed by atoms with Gasteiger partial charge in [0.1, 0.15) is 11.9 Å². The van der Waals surface area contributed by atoms with Gasteiger partial charge in [-0.2, -0.15) is 5.26 Å².